The minimum absolute atomic E-state index is 0.00650. The highest BCUT2D eigenvalue weighted by molar-refractivity contribution is 6.31. The van der Waals surface area contributed by atoms with Gasteiger partial charge in [-0.1, -0.05) is 25.1 Å². The molecule has 7 nitrogen and oxygen atoms in total. The summed E-state index contributed by atoms with van der Waals surface area (Å²) in [6.07, 6.45) is 2.37. The van der Waals surface area contributed by atoms with Gasteiger partial charge in [-0.2, -0.15) is 0 Å². The van der Waals surface area contributed by atoms with Crippen LogP contribution >= 0.6 is 0 Å². The number of nitrogens with one attached hydrogen (secondary N) is 1. The maximum Gasteiger partial charge on any atom is 0.338 e. The van der Waals surface area contributed by atoms with E-state index in [2.05, 4.69) is 5.43 Å². The van der Waals surface area contributed by atoms with Crippen LogP contribution in [0.25, 0.3) is 6.08 Å². The highest BCUT2D eigenvalue weighted by atomic mass is 16.5. The van der Waals surface area contributed by atoms with Gasteiger partial charge in [0.05, 0.1) is 24.5 Å². The van der Waals surface area contributed by atoms with E-state index in [1.807, 2.05) is 19.1 Å². The molecular weight excluding hydrogens is 372 g/mol. The van der Waals surface area contributed by atoms with Gasteiger partial charge in [0.1, 0.15) is 11.3 Å². The standard InChI is InChI=1S/C22H22N2O5/c1-3-13-29-19-8-6-5-7-16(19)14-18-20(25)23-24(21(18)26)17-11-9-15(10-12-17)22(27)28-4-2/h5-12,14H,3-4,13H2,1-2H3,(H,23,25)/b18-14-. The normalized spacial score (nSPS) is 14.8. The van der Waals surface area contributed by atoms with Gasteiger partial charge in [-0.25, -0.2) is 9.80 Å². The molecule has 1 fully saturated rings. The van der Waals surface area contributed by atoms with E-state index < -0.39 is 17.8 Å². The molecule has 3 rings (SSSR count). The molecule has 1 saturated heterocycles. The third-order valence-corrected chi connectivity index (χ3v) is 4.21. The Morgan fingerprint density at radius 2 is 1.79 bits per heavy atom. The fourth-order valence-corrected chi connectivity index (χ4v) is 2.80. The summed E-state index contributed by atoms with van der Waals surface area (Å²) in [7, 11) is 0. The lowest BCUT2D eigenvalue weighted by Crippen LogP contribution is -2.35. The van der Waals surface area contributed by atoms with Gasteiger partial charge >= 0.3 is 5.97 Å². The third kappa shape index (κ3) is 4.45. The number of hydrogen-bond donors (Lipinski definition) is 1. The van der Waals surface area contributed by atoms with Crippen LogP contribution in [0.2, 0.25) is 0 Å². The maximum atomic E-state index is 12.8. The van der Waals surface area contributed by atoms with Crippen LogP contribution in [-0.4, -0.2) is 31.0 Å². The number of hydrogen-bond acceptors (Lipinski definition) is 5. The monoisotopic (exact) mass is 394 g/mol. The van der Waals surface area contributed by atoms with Gasteiger partial charge < -0.3 is 9.47 Å². The Balaban J connectivity index is 1.83. The lowest BCUT2D eigenvalue weighted by molar-refractivity contribution is -0.117. The Labute approximate surface area is 168 Å². The number of carbonyl (C=O) groups is 3. The summed E-state index contributed by atoms with van der Waals surface area (Å²) >= 11 is 0. The Kier molecular flexibility index (Phi) is 6.29. The summed E-state index contributed by atoms with van der Waals surface area (Å²) < 4.78 is 10.6. The van der Waals surface area contributed by atoms with Crippen LogP contribution in [0, 0.1) is 0 Å². The average molecular weight is 394 g/mol. The topological polar surface area (TPSA) is 84.9 Å². The van der Waals surface area contributed by atoms with E-state index in [0.717, 1.165) is 11.4 Å². The number of esters is 1. The minimum Gasteiger partial charge on any atom is -0.493 e. The number of rotatable bonds is 7. The first-order valence-corrected chi connectivity index (χ1v) is 9.41. The summed E-state index contributed by atoms with van der Waals surface area (Å²) in [5.41, 5.74) is 4.01. The number of carbonyl (C=O) groups excluding carboxylic acids is 3. The molecular formula is C22H22N2O5. The van der Waals surface area contributed by atoms with Gasteiger partial charge in [0, 0.05) is 5.56 Å². The molecule has 150 valence electrons. The van der Waals surface area contributed by atoms with Gasteiger partial charge in [-0.15, -0.1) is 0 Å². The van der Waals surface area contributed by atoms with Crippen molar-refractivity contribution in [2.75, 3.05) is 18.2 Å². The quantitative estimate of drug-likeness (QED) is 0.443. The smallest absolute Gasteiger partial charge is 0.338 e. The molecule has 0 bridgehead atoms. The number of nitrogens with zero attached hydrogens (tertiary/aromatic N) is 1. The molecule has 1 N–H and O–H groups in total. The molecule has 2 aromatic rings. The molecule has 0 unspecified atom stereocenters. The Hall–Kier alpha value is -3.61. The maximum absolute atomic E-state index is 12.8. The Bertz CT molecular complexity index is 950. The van der Waals surface area contributed by atoms with E-state index in [-0.39, 0.29) is 12.2 Å². The van der Waals surface area contributed by atoms with Crippen molar-refractivity contribution in [1.82, 2.24) is 5.43 Å². The van der Waals surface area contributed by atoms with E-state index in [1.54, 1.807) is 43.3 Å². The van der Waals surface area contributed by atoms with E-state index in [1.165, 1.54) is 6.08 Å². The van der Waals surface area contributed by atoms with Crippen molar-refractivity contribution in [3.8, 4) is 5.75 Å². The molecule has 29 heavy (non-hydrogen) atoms. The lowest BCUT2D eigenvalue weighted by atomic mass is 10.1. The molecule has 1 heterocycles. The summed E-state index contributed by atoms with van der Waals surface area (Å²) in [4.78, 5) is 37.0. The molecule has 0 saturated carbocycles. The van der Waals surface area contributed by atoms with Crippen molar-refractivity contribution in [3.63, 3.8) is 0 Å². The van der Waals surface area contributed by atoms with Crippen molar-refractivity contribution in [3.05, 3.63) is 65.2 Å². The van der Waals surface area contributed by atoms with Crippen LogP contribution in [0.5, 0.6) is 5.75 Å². The van der Waals surface area contributed by atoms with E-state index in [0.29, 0.717) is 29.2 Å². The summed E-state index contributed by atoms with van der Waals surface area (Å²) in [6, 6.07) is 13.5. The fraction of sp³-hybridized carbons (Fsp3) is 0.227. The zero-order chi connectivity index (χ0) is 20.8. The lowest BCUT2D eigenvalue weighted by Gasteiger charge is -2.15. The van der Waals surface area contributed by atoms with Crippen LogP contribution < -0.4 is 15.2 Å². The number of benzene rings is 2. The van der Waals surface area contributed by atoms with E-state index in [4.69, 9.17) is 9.47 Å². The molecule has 7 heteroatoms. The predicted molar refractivity (Wildman–Crippen MR) is 108 cm³/mol. The summed E-state index contributed by atoms with van der Waals surface area (Å²) in [6.45, 7) is 4.54. The van der Waals surface area contributed by atoms with Gasteiger partial charge in [-0.05, 0) is 49.8 Å². The van der Waals surface area contributed by atoms with Crippen molar-refractivity contribution in [1.29, 1.82) is 0 Å². The van der Waals surface area contributed by atoms with Gasteiger partial charge in [0.2, 0.25) is 0 Å². The van der Waals surface area contributed by atoms with Crippen molar-refractivity contribution >= 4 is 29.5 Å². The van der Waals surface area contributed by atoms with Crippen molar-refractivity contribution in [2.45, 2.75) is 20.3 Å². The SMILES string of the molecule is CCCOc1ccccc1/C=C1/C(=O)NN(c2ccc(C(=O)OCC)cc2)C1=O. The number of amides is 2. The molecule has 0 radical (unpaired) electrons. The molecule has 2 aromatic carbocycles. The highest BCUT2D eigenvalue weighted by Crippen LogP contribution is 2.26. The van der Waals surface area contributed by atoms with Crippen LogP contribution in [0.1, 0.15) is 36.2 Å². The summed E-state index contributed by atoms with van der Waals surface area (Å²) in [5.74, 6) is -0.821. The van der Waals surface area contributed by atoms with Gasteiger partial charge in [-0.3, -0.25) is 15.0 Å². The zero-order valence-electron chi connectivity index (χ0n) is 16.3. The number of hydrazine groups is 1. The number of anilines is 1. The first-order valence-electron chi connectivity index (χ1n) is 9.41. The predicted octanol–water partition coefficient (Wildman–Crippen LogP) is 3.11. The van der Waals surface area contributed by atoms with Crippen LogP contribution in [0.4, 0.5) is 5.69 Å². The first-order chi connectivity index (χ1) is 14.0. The van der Waals surface area contributed by atoms with Crippen LogP contribution in [0.15, 0.2) is 54.1 Å². The molecule has 0 atom stereocenters. The minimum atomic E-state index is -0.505. The molecule has 1 aliphatic heterocycles. The number of ether oxygens (including phenoxy) is 2. The van der Waals surface area contributed by atoms with Crippen molar-refractivity contribution in [2.24, 2.45) is 0 Å². The second kappa shape index (κ2) is 9.05. The molecule has 0 spiro atoms. The Morgan fingerprint density at radius 1 is 1.07 bits per heavy atom. The second-order valence-corrected chi connectivity index (χ2v) is 6.29. The van der Waals surface area contributed by atoms with Crippen LogP contribution in [-0.2, 0) is 14.3 Å². The summed E-state index contributed by atoms with van der Waals surface area (Å²) in [5, 5.41) is 1.15. The fourth-order valence-electron chi connectivity index (χ4n) is 2.80. The third-order valence-electron chi connectivity index (χ3n) is 4.21. The van der Waals surface area contributed by atoms with Crippen molar-refractivity contribution < 1.29 is 23.9 Å². The molecule has 1 aliphatic rings. The molecule has 0 aromatic heterocycles. The van der Waals surface area contributed by atoms with Gasteiger partial charge in [0.25, 0.3) is 11.8 Å². The zero-order valence-corrected chi connectivity index (χ0v) is 16.3. The van der Waals surface area contributed by atoms with Crippen LogP contribution in [0.3, 0.4) is 0 Å². The highest BCUT2D eigenvalue weighted by Gasteiger charge is 2.34. The van der Waals surface area contributed by atoms with E-state index in [9.17, 15) is 14.4 Å². The van der Waals surface area contributed by atoms with E-state index >= 15 is 0 Å². The second-order valence-electron chi connectivity index (χ2n) is 6.29. The largest absolute Gasteiger partial charge is 0.493 e. The average Bonchev–Trinajstić information content (AvgIpc) is 3.01. The molecule has 2 amide bonds. The molecule has 0 aliphatic carbocycles. The van der Waals surface area contributed by atoms with Gasteiger partial charge in [0.15, 0.2) is 0 Å². The Morgan fingerprint density at radius 3 is 2.48 bits per heavy atom. The first kappa shape index (κ1) is 20.1. The number of para-hydroxylation sites is 1.